The molecule has 3 heteroatoms. The molecule has 0 aromatic heterocycles. The number of nitrogens with zero attached hydrogens (tertiary/aromatic N) is 1. The minimum Gasteiger partial charge on any atom is -0.508 e. The van der Waals surface area contributed by atoms with Crippen molar-refractivity contribution in [2.24, 2.45) is 0 Å². The summed E-state index contributed by atoms with van der Waals surface area (Å²) in [6.45, 7) is 5.33. The largest absolute Gasteiger partial charge is 0.508 e. The fourth-order valence-corrected chi connectivity index (χ4v) is 3.03. The third-order valence-electron chi connectivity index (χ3n) is 4.25. The first-order valence-corrected chi connectivity index (χ1v) is 7.60. The maximum atomic E-state index is 9.55. The fraction of sp³-hybridized carbons (Fsp3) is 0.333. The Hall–Kier alpha value is -1.84. The van der Waals surface area contributed by atoms with Crippen LogP contribution in [0.5, 0.6) is 5.75 Å². The van der Waals surface area contributed by atoms with E-state index in [-0.39, 0.29) is 6.04 Å². The normalized spacial score (nSPS) is 16.7. The molecule has 0 amide bonds. The highest BCUT2D eigenvalue weighted by molar-refractivity contribution is 5.35. The molecule has 1 heterocycles. The summed E-state index contributed by atoms with van der Waals surface area (Å²) >= 11 is 0. The Morgan fingerprint density at radius 2 is 1.67 bits per heavy atom. The summed E-state index contributed by atoms with van der Waals surface area (Å²) in [6.07, 6.45) is 0. The first kappa shape index (κ1) is 14.1. The molecule has 0 radical (unpaired) electrons. The number of benzene rings is 2. The van der Waals surface area contributed by atoms with Gasteiger partial charge in [-0.1, -0.05) is 49.4 Å². The molecule has 1 aliphatic rings. The third-order valence-corrected chi connectivity index (χ3v) is 4.25. The van der Waals surface area contributed by atoms with Gasteiger partial charge in [0.2, 0.25) is 0 Å². The van der Waals surface area contributed by atoms with Crippen LogP contribution in [0.15, 0.2) is 54.6 Å². The van der Waals surface area contributed by atoms with Crippen molar-refractivity contribution in [3.05, 3.63) is 65.7 Å². The number of phenols is 1. The van der Waals surface area contributed by atoms with Gasteiger partial charge in [-0.25, -0.2) is 0 Å². The number of phenolic OH excluding ortho intramolecular Hbond substituents is 1. The lowest BCUT2D eigenvalue weighted by molar-refractivity contribution is 0.119. The number of nitrogens with one attached hydrogen (secondary N) is 1. The molecule has 3 rings (SSSR count). The van der Waals surface area contributed by atoms with Crippen molar-refractivity contribution in [2.75, 3.05) is 19.6 Å². The average Bonchev–Trinajstić information content (AvgIpc) is 2.47. The van der Waals surface area contributed by atoms with Crippen LogP contribution >= 0.6 is 0 Å². The number of rotatable bonds is 5. The van der Waals surface area contributed by atoms with E-state index in [9.17, 15) is 5.11 Å². The second kappa shape index (κ2) is 6.29. The van der Waals surface area contributed by atoms with Crippen molar-refractivity contribution in [3.63, 3.8) is 0 Å². The smallest absolute Gasteiger partial charge is 0.115 e. The molecule has 2 aromatic carbocycles. The molecule has 0 bridgehead atoms. The zero-order valence-corrected chi connectivity index (χ0v) is 12.4. The lowest BCUT2D eigenvalue weighted by Crippen LogP contribution is -2.58. The van der Waals surface area contributed by atoms with Gasteiger partial charge in [-0.05, 0) is 29.8 Å². The van der Waals surface area contributed by atoms with Gasteiger partial charge in [0.15, 0.2) is 0 Å². The van der Waals surface area contributed by atoms with E-state index in [1.807, 2.05) is 12.1 Å². The molecule has 21 heavy (non-hydrogen) atoms. The Morgan fingerprint density at radius 1 is 1.05 bits per heavy atom. The summed E-state index contributed by atoms with van der Waals surface area (Å²) in [6, 6.07) is 19.0. The van der Waals surface area contributed by atoms with E-state index in [4.69, 9.17) is 0 Å². The Labute approximate surface area is 126 Å². The Morgan fingerprint density at radius 3 is 2.19 bits per heavy atom. The van der Waals surface area contributed by atoms with Gasteiger partial charge in [0.1, 0.15) is 5.75 Å². The van der Waals surface area contributed by atoms with Gasteiger partial charge in [0.25, 0.3) is 0 Å². The van der Waals surface area contributed by atoms with Crippen LogP contribution in [0, 0.1) is 0 Å². The van der Waals surface area contributed by atoms with Crippen molar-refractivity contribution in [1.82, 2.24) is 10.2 Å². The molecule has 1 unspecified atom stereocenters. The van der Waals surface area contributed by atoms with E-state index in [0.717, 1.165) is 19.6 Å². The summed E-state index contributed by atoms with van der Waals surface area (Å²) in [5, 5.41) is 12.9. The van der Waals surface area contributed by atoms with Gasteiger partial charge in [-0.2, -0.15) is 0 Å². The van der Waals surface area contributed by atoms with Crippen LogP contribution in [0.1, 0.15) is 24.1 Å². The lowest BCUT2D eigenvalue weighted by atomic mass is 9.94. The number of hydrogen-bond acceptors (Lipinski definition) is 3. The Kier molecular flexibility index (Phi) is 4.23. The van der Waals surface area contributed by atoms with Gasteiger partial charge in [0.05, 0.1) is 6.04 Å². The molecule has 1 atom stereocenters. The zero-order valence-electron chi connectivity index (χ0n) is 12.4. The number of aromatic hydroxyl groups is 1. The quantitative estimate of drug-likeness (QED) is 0.885. The monoisotopic (exact) mass is 282 g/mol. The first-order valence-electron chi connectivity index (χ1n) is 7.60. The molecular weight excluding hydrogens is 260 g/mol. The predicted molar refractivity (Wildman–Crippen MR) is 85.4 cm³/mol. The molecule has 110 valence electrons. The molecule has 2 aromatic rings. The van der Waals surface area contributed by atoms with E-state index >= 15 is 0 Å². The van der Waals surface area contributed by atoms with Crippen LogP contribution in [-0.2, 0) is 0 Å². The molecule has 1 fully saturated rings. The van der Waals surface area contributed by atoms with Crippen molar-refractivity contribution < 1.29 is 5.11 Å². The molecule has 1 aliphatic heterocycles. The molecular formula is C18H22N2O. The van der Waals surface area contributed by atoms with Gasteiger partial charge >= 0.3 is 0 Å². The second-order valence-electron chi connectivity index (χ2n) is 5.55. The summed E-state index contributed by atoms with van der Waals surface area (Å²) in [7, 11) is 0. The Bertz CT molecular complexity index is 564. The molecule has 0 saturated carbocycles. The van der Waals surface area contributed by atoms with Gasteiger partial charge < -0.3 is 10.4 Å². The van der Waals surface area contributed by atoms with E-state index in [1.165, 1.54) is 11.1 Å². The van der Waals surface area contributed by atoms with Crippen LogP contribution < -0.4 is 5.32 Å². The van der Waals surface area contributed by atoms with Gasteiger partial charge in [0, 0.05) is 19.1 Å². The standard InChI is InChI=1S/C18H22N2O/c1-2-20(16-12-19-13-16)18(14-6-4-3-5-7-14)15-8-10-17(21)11-9-15/h3-11,16,18-19,21H,2,12-13H2,1H3. The van der Waals surface area contributed by atoms with E-state index < -0.39 is 0 Å². The first-order chi connectivity index (χ1) is 10.3. The maximum absolute atomic E-state index is 9.55. The van der Waals surface area contributed by atoms with Crippen molar-refractivity contribution in [3.8, 4) is 5.75 Å². The van der Waals surface area contributed by atoms with Crippen LogP contribution in [-0.4, -0.2) is 35.7 Å². The lowest BCUT2D eigenvalue weighted by Gasteiger charge is -2.43. The summed E-state index contributed by atoms with van der Waals surface area (Å²) in [5.41, 5.74) is 2.53. The highest BCUT2D eigenvalue weighted by Gasteiger charge is 2.31. The number of likely N-dealkylation sites (N-methyl/N-ethyl adjacent to an activating group) is 1. The van der Waals surface area contributed by atoms with Crippen molar-refractivity contribution >= 4 is 0 Å². The second-order valence-corrected chi connectivity index (χ2v) is 5.55. The van der Waals surface area contributed by atoms with E-state index in [2.05, 4.69) is 47.5 Å². The summed E-state index contributed by atoms with van der Waals surface area (Å²) in [5.74, 6) is 0.318. The van der Waals surface area contributed by atoms with Gasteiger partial charge in [-0.15, -0.1) is 0 Å². The molecule has 0 aliphatic carbocycles. The molecule has 0 spiro atoms. The van der Waals surface area contributed by atoms with E-state index in [1.54, 1.807) is 12.1 Å². The van der Waals surface area contributed by atoms with Crippen LogP contribution in [0.2, 0.25) is 0 Å². The molecule has 1 saturated heterocycles. The maximum Gasteiger partial charge on any atom is 0.115 e. The summed E-state index contributed by atoms with van der Waals surface area (Å²) < 4.78 is 0. The van der Waals surface area contributed by atoms with Crippen molar-refractivity contribution in [1.29, 1.82) is 0 Å². The third kappa shape index (κ3) is 2.94. The van der Waals surface area contributed by atoms with Gasteiger partial charge in [-0.3, -0.25) is 4.90 Å². The minimum atomic E-state index is 0.240. The summed E-state index contributed by atoms with van der Waals surface area (Å²) in [4.78, 5) is 2.54. The Balaban J connectivity index is 1.99. The SMILES string of the molecule is CCN(C1CNC1)C(c1ccccc1)c1ccc(O)cc1. The molecule has 2 N–H and O–H groups in total. The van der Waals surface area contributed by atoms with Crippen LogP contribution in [0.4, 0.5) is 0 Å². The topological polar surface area (TPSA) is 35.5 Å². The number of hydrogen-bond donors (Lipinski definition) is 2. The fourth-order valence-electron chi connectivity index (χ4n) is 3.03. The average molecular weight is 282 g/mol. The zero-order chi connectivity index (χ0) is 14.7. The van der Waals surface area contributed by atoms with Crippen LogP contribution in [0.25, 0.3) is 0 Å². The van der Waals surface area contributed by atoms with E-state index in [0.29, 0.717) is 11.8 Å². The van der Waals surface area contributed by atoms with Crippen molar-refractivity contribution in [2.45, 2.75) is 19.0 Å². The predicted octanol–water partition coefficient (Wildman–Crippen LogP) is 2.78. The highest BCUT2D eigenvalue weighted by atomic mass is 16.3. The minimum absolute atomic E-state index is 0.240. The highest BCUT2D eigenvalue weighted by Crippen LogP contribution is 2.31. The van der Waals surface area contributed by atoms with Crippen LogP contribution in [0.3, 0.4) is 0 Å². The molecule has 3 nitrogen and oxygen atoms in total.